The Morgan fingerprint density at radius 2 is 1.96 bits per heavy atom. The summed E-state index contributed by atoms with van der Waals surface area (Å²) in [4.78, 5) is 44.0. The molecule has 9 heteroatoms. The van der Waals surface area contributed by atoms with E-state index in [9.17, 15) is 14.4 Å². The highest BCUT2D eigenvalue weighted by molar-refractivity contribution is 7.14. The number of nitrogens with one attached hydrogen (secondary N) is 2. The normalized spacial score (nSPS) is 13.4. The van der Waals surface area contributed by atoms with Gasteiger partial charge in [0, 0.05) is 42.8 Å². The molecule has 1 fully saturated rings. The van der Waals surface area contributed by atoms with Crippen molar-refractivity contribution in [2.45, 2.75) is 20.3 Å². The predicted molar refractivity (Wildman–Crippen MR) is 109 cm³/mol. The number of urea groups is 1. The fourth-order valence-electron chi connectivity index (χ4n) is 2.91. The molecule has 1 aromatic carbocycles. The van der Waals surface area contributed by atoms with Crippen molar-refractivity contribution in [1.82, 2.24) is 15.2 Å². The third-order valence-corrected chi connectivity index (χ3v) is 5.35. The van der Waals surface area contributed by atoms with Crippen molar-refractivity contribution in [1.29, 1.82) is 0 Å². The molecule has 148 valence electrons. The summed E-state index contributed by atoms with van der Waals surface area (Å²) >= 11 is 1.34. The molecule has 8 nitrogen and oxygen atoms in total. The first-order chi connectivity index (χ1) is 13.5. The maximum Gasteiger partial charge on any atom is 0.323 e. The van der Waals surface area contributed by atoms with E-state index in [1.165, 1.54) is 11.3 Å². The van der Waals surface area contributed by atoms with Crippen LogP contribution in [0, 0.1) is 0 Å². The summed E-state index contributed by atoms with van der Waals surface area (Å²) in [7, 11) is 0. The van der Waals surface area contributed by atoms with Crippen molar-refractivity contribution in [2.75, 3.05) is 36.4 Å². The van der Waals surface area contributed by atoms with Crippen LogP contribution in [0.4, 0.5) is 15.6 Å². The maximum absolute atomic E-state index is 12.3. The molecule has 0 aliphatic carbocycles. The summed E-state index contributed by atoms with van der Waals surface area (Å²) in [5.74, 6) is -0.227. The molecule has 0 radical (unpaired) electrons. The molecule has 1 aliphatic rings. The summed E-state index contributed by atoms with van der Waals surface area (Å²) in [5, 5.41) is 7.91. The SMILES string of the molecule is CCN(CC)C(=O)c1ccc(NC(=O)Cc2csc(N3CCNC3=O)n2)cc1. The number of hydrogen-bond acceptors (Lipinski definition) is 5. The Hall–Kier alpha value is -2.94. The van der Waals surface area contributed by atoms with E-state index in [-0.39, 0.29) is 24.3 Å². The number of benzene rings is 1. The second kappa shape index (κ2) is 8.83. The topological polar surface area (TPSA) is 94.6 Å². The summed E-state index contributed by atoms with van der Waals surface area (Å²) in [6, 6.07) is 6.70. The van der Waals surface area contributed by atoms with Gasteiger partial charge in [-0.15, -0.1) is 11.3 Å². The molecule has 1 saturated heterocycles. The molecule has 1 aromatic heterocycles. The number of aromatic nitrogens is 1. The molecule has 0 unspecified atom stereocenters. The highest BCUT2D eigenvalue weighted by Gasteiger charge is 2.24. The van der Waals surface area contributed by atoms with E-state index in [0.29, 0.717) is 48.3 Å². The summed E-state index contributed by atoms with van der Waals surface area (Å²) in [6.45, 7) is 6.37. The molecule has 2 N–H and O–H groups in total. The molecule has 0 saturated carbocycles. The molecule has 0 bridgehead atoms. The number of thiazole rings is 1. The first kappa shape index (κ1) is 19.8. The van der Waals surface area contributed by atoms with Gasteiger partial charge in [0.15, 0.2) is 5.13 Å². The van der Waals surface area contributed by atoms with E-state index in [4.69, 9.17) is 0 Å². The fourth-order valence-corrected chi connectivity index (χ4v) is 3.76. The van der Waals surface area contributed by atoms with E-state index >= 15 is 0 Å². The standard InChI is InChI=1S/C19H23N5O3S/c1-3-23(4-2)17(26)13-5-7-14(8-6-13)21-16(25)11-15-12-28-19(22-15)24-10-9-20-18(24)27/h5-8,12H,3-4,9-11H2,1-2H3,(H,20,27)(H,21,25). The molecule has 3 rings (SSSR count). The van der Waals surface area contributed by atoms with Gasteiger partial charge in [-0.05, 0) is 38.1 Å². The smallest absolute Gasteiger partial charge is 0.323 e. The summed E-state index contributed by atoms with van der Waals surface area (Å²) in [5.41, 5.74) is 1.83. The molecule has 2 heterocycles. The van der Waals surface area contributed by atoms with Crippen LogP contribution in [0.15, 0.2) is 29.6 Å². The van der Waals surface area contributed by atoms with Crippen molar-refractivity contribution in [3.8, 4) is 0 Å². The number of carbonyl (C=O) groups is 3. The molecule has 0 atom stereocenters. The number of rotatable bonds is 7. The van der Waals surface area contributed by atoms with Gasteiger partial charge in [0.25, 0.3) is 5.91 Å². The van der Waals surface area contributed by atoms with Gasteiger partial charge >= 0.3 is 6.03 Å². The second-order valence-electron chi connectivity index (χ2n) is 6.28. The number of nitrogens with zero attached hydrogens (tertiary/aromatic N) is 3. The third kappa shape index (κ3) is 4.48. The van der Waals surface area contributed by atoms with Gasteiger partial charge in [0.2, 0.25) is 5.91 Å². The van der Waals surface area contributed by atoms with Crippen LogP contribution in [0.1, 0.15) is 29.9 Å². The maximum atomic E-state index is 12.3. The monoisotopic (exact) mass is 401 g/mol. The van der Waals surface area contributed by atoms with Crippen LogP contribution in [-0.4, -0.2) is 53.9 Å². The molecule has 4 amide bonds. The van der Waals surface area contributed by atoms with Crippen molar-refractivity contribution >= 4 is 40.0 Å². The third-order valence-electron chi connectivity index (χ3n) is 4.44. The van der Waals surface area contributed by atoms with Gasteiger partial charge < -0.3 is 15.5 Å². The minimum atomic E-state index is -0.203. The van der Waals surface area contributed by atoms with Gasteiger partial charge in [0.1, 0.15) is 0 Å². The van der Waals surface area contributed by atoms with Crippen LogP contribution in [0.5, 0.6) is 0 Å². The molecule has 0 spiro atoms. The van der Waals surface area contributed by atoms with E-state index < -0.39 is 0 Å². The molecule has 1 aliphatic heterocycles. The van der Waals surface area contributed by atoms with Crippen molar-refractivity contribution < 1.29 is 14.4 Å². The fraction of sp³-hybridized carbons (Fsp3) is 0.368. The van der Waals surface area contributed by atoms with Crippen LogP contribution < -0.4 is 15.5 Å². The highest BCUT2D eigenvalue weighted by Crippen LogP contribution is 2.22. The van der Waals surface area contributed by atoms with Gasteiger partial charge in [-0.25, -0.2) is 9.78 Å². The first-order valence-electron chi connectivity index (χ1n) is 9.20. The number of anilines is 2. The van der Waals surface area contributed by atoms with Crippen molar-refractivity contribution in [2.24, 2.45) is 0 Å². The van der Waals surface area contributed by atoms with Gasteiger partial charge in [-0.3, -0.25) is 14.5 Å². The van der Waals surface area contributed by atoms with E-state index in [0.717, 1.165) is 0 Å². The van der Waals surface area contributed by atoms with E-state index in [1.807, 2.05) is 13.8 Å². The van der Waals surface area contributed by atoms with Gasteiger partial charge in [-0.1, -0.05) is 0 Å². The minimum Gasteiger partial charge on any atom is -0.339 e. The first-order valence-corrected chi connectivity index (χ1v) is 10.1. The molecule has 2 aromatic rings. The van der Waals surface area contributed by atoms with Crippen LogP contribution in [0.2, 0.25) is 0 Å². The molecular formula is C19H23N5O3S. The Balaban J connectivity index is 1.57. The summed E-state index contributed by atoms with van der Waals surface area (Å²) < 4.78 is 0. The number of amides is 4. The van der Waals surface area contributed by atoms with Gasteiger partial charge in [-0.2, -0.15) is 0 Å². The number of hydrogen-bond donors (Lipinski definition) is 2. The van der Waals surface area contributed by atoms with Gasteiger partial charge in [0.05, 0.1) is 12.1 Å². The van der Waals surface area contributed by atoms with Crippen LogP contribution in [-0.2, 0) is 11.2 Å². The second-order valence-corrected chi connectivity index (χ2v) is 7.12. The zero-order chi connectivity index (χ0) is 20.1. The Kier molecular flexibility index (Phi) is 6.25. The lowest BCUT2D eigenvalue weighted by Crippen LogP contribution is -2.30. The zero-order valence-corrected chi connectivity index (χ0v) is 16.7. The minimum absolute atomic E-state index is 0.0242. The van der Waals surface area contributed by atoms with Crippen LogP contribution in [0.3, 0.4) is 0 Å². The predicted octanol–water partition coefficient (Wildman–Crippen LogP) is 2.34. The lowest BCUT2D eigenvalue weighted by Gasteiger charge is -2.18. The summed E-state index contributed by atoms with van der Waals surface area (Å²) in [6.07, 6.45) is 0.117. The highest BCUT2D eigenvalue weighted by atomic mass is 32.1. The van der Waals surface area contributed by atoms with E-state index in [2.05, 4.69) is 15.6 Å². The Morgan fingerprint density at radius 1 is 1.25 bits per heavy atom. The molecule has 28 heavy (non-hydrogen) atoms. The quantitative estimate of drug-likeness (QED) is 0.744. The lowest BCUT2D eigenvalue weighted by molar-refractivity contribution is -0.115. The Labute approximate surface area is 167 Å². The lowest BCUT2D eigenvalue weighted by atomic mass is 10.1. The average molecular weight is 401 g/mol. The van der Waals surface area contributed by atoms with Crippen molar-refractivity contribution in [3.63, 3.8) is 0 Å². The largest absolute Gasteiger partial charge is 0.339 e. The van der Waals surface area contributed by atoms with E-state index in [1.54, 1.807) is 39.4 Å². The average Bonchev–Trinajstić information content (AvgIpc) is 3.31. The Morgan fingerprint density at radius 3 is 2.57 bits per heavy atom. The zero-order valence-electron chi connectivity index (χ0n) is 15.9. The van der Waals surface area contributed by atoms with Crippen molar-refractivity contribution in [3.05, 3.63) is 40.9 Å². The number of carbonyl (C=O) groups excluding carboxylic acids is 3. The Bertz CT molecular complexity index is 861. The molecular weight excluding hydrogens is 378 g/mol. The van der Waals surface area contributed by atoms with Crippen LogP contribution >= 0.6 is 11.3 Å². The van der Waals surface area contributed by atoms with Crippen LogP contribution in [0.25, 0.3) is 0 Å².